The van der Waals surface area contributed by atoms with Gasteiger partial charge in [0.25, 0.3) is 0 Å². The van der Waals surface area contributed by atoms with Crippen LogP contribution >= 0.6 is 0 Å². The van der Waals surface area contributed by atoms with Gasteiger partial charge in [-0.25, -0.2) is 0 Å². The molecule has 1 aliphatic rings. The SMILES string of the molecule is CC1CCCN1C.C[B]C. The zero-order valence-electron chi connectivity index (χ0n) is 7.72. The molecule has 1 aliphatic heterocycles. The minimum atomic E-state index is 0.847. The maximum Gasteiger partial charge on any atom is 0.102 e. The summed E-state index contributed by atoms with van der Waals surface area (Å²) in [6.07, 6.45) is 2.80. The molecule has 0 saturated carbocycles. The third kappa shape index (κ3) is 3.94. The highest BCUT2D eigenvalue weighted by Crippen LogP contribution is 2.12. The number of rotatable bonds is 0. The van der Waals surface area contributed by atoms with Gasteiger partial charge in [0.2, 0.25) is 0 Å². The molecule has 10 heavy (non-hydrogen) atoms. The summed E-state index contributed by atoms with van der Waals surface area (Å²) in [6, 6.07) is 0.847. The summed E-state index contributed by atoms with van der Waals surface area (Å²) in [5, 5.41) is 0. The van der Waals surface area contributed by atoms with E-state index in [4.69, 9.17) is 0 Å². The number of likely N-dealkylation sites (tertiary alicyclic amines) is 1. The van der Waals surface area contributed by atoms with Gasteiger partial charge in [-0.1, -0.05) is 13.6 Å². The van der Waals surface area contributed by atoms with Gasteiger partial charge in [0.15, 0.2) is 0 Å². The fourth-order valence-corrected chi connectivity index (χ4v) is 1.08. The van der Waals surface area contributed by atoms with Crippen LogP contribution in [0.5, 0.6) is 0 Å². The van der Waals surface area contributed by atoms with E-state index < -0.39 is 0 Å². The summed E-state index contributed by atoms with van der Waals surface area (Å²) >= 11 is 0. The van der Waals surface area contributed by atoms with E-state index in [0.717, 1.165) is 6.04 Å². The van der Waals surface area contributed by atoms with Gasteiger partial charge in [0.1, 0.15) is 7.28 Å². The molecule has 2 heteroatoms. The second-order valence-corrected chi connectivity index (χ2v) is 3.05. The van der Waals surface area contributed by atoms with Crippen molar-refractivity contribution < 1.29 is 0 Å². The second kappa shape index (κ2) is 5.78. The molecule has 1 unspecified atom stereocenters. The van der Waals surface area contributed by atoms with Gasteiger partial charge in [-0.05, 0) is 33.4 Å². The Labute approximate surface area is 66.0 Å². The summed E-state index contributed by atoms with van der Waals surface area (Å²) < 4.78 is 0. The standard InChI is InChI=1S/C6H13N.C2H6B/c1-6-4-3-5-7(6)2;1-3-2/h6H,3-5H2,1-2H3;1-2H3. The van der Waals surface area contributed by atoms with Crippen LogP contribution in [0, 0.1) is 0 Å². The molecule has 0 aliphatic carbocycles. The van der Waals surface area contributed by atoms with E-state index >= 15 is 0 Å². The van der Waals surface area contributed by atoms with Crippen LogP contribution in [0.3, 0.4) is 0 Å². The van der Waals surface area contributed by atoms with Crippen LogP contribution in [0.2, 0.25) is 13.6 Å². The molecule has 1 saturated heterocycles. The Morgan fingerprint density at radius 3 is 2.00 bits per heavy atom. The second-order valence-electron chi connectivity index (χ2n) is 3.05. The fourth-order valence-electron chi connectivity index (χ4n) is 1.08. The van der Waals surface area contributed by atoms with Crippen molar-refractivity contribution in [2.24, 2.45) is 0 Å². The molecule has 1 atom stereocenters. The average molecular weight is 140 g/mol. The van der Waals surface area contributed by atoms with Crippen LogP contribution in [0.25, 0.3) is 0 Å². The van der Waals surface area contributed by atoms with Crippen LogP contribution in [-0.2, 0) is 0 Å². The summed E-state index contributed by atoms with van der Waals surface area (Å²) in [4.78, 5) is 2.40. The van der Waals surface area contributed by atoms with Crippen molar-refractivity contribution in [1.29, 1.82) is 0 Å². The van der Waals surface area contributed by atoms with Gasteiger partial charge in [0.05, 0.1) is 0 Å². The number of hydrogen-bond donors (Lipinski definition) is 0. The molecule has 1 nitrogen and oxygen atoms in total. The summed E-state index contributed by atoms with van der Waals surface area (Å²) in [5.74, 6) is 0. The predicted molar refractivity (Wildman–Crippen MR) is 48.8 cm³/mol. The normalized spacial score (nSPS) is 25.4. The largest absolute Gasteiger partial charge is 0.304 e. The quantitative estimate of drug-likeness (QED) is 0.464. The summed E-state index contributed by atoms with van der Waals surface area (Å²) in [7, 11) is 4.19. The highest BCUT2D eigenvalue weighted by atomic mass is 15.1. The Hall–Kier alpha value is 0.0249. The van der Waals surface area contributed by atoms with Gasteiger partial charge in [0, 0.05) is 6.04 Å². The van der Waals surface area contributed by atoms with Gasteiger partial charge >= 0.3 is 0 Å². The summed E-state index contributed by atoms with van der Waals surface area (Å²) in [6.45, 7) is 7.59. The van der Waals surface area contributed by atoms with Crippen molar-refractivity contribution in [3.8, 4) is 0 Å². The molecule has 0 amide bonds. The maximum atomic E-state index is 2.40. The molecule has 59 valence electrons. The maximum absolute atomic E-state index is 2.40. The van der Waals surface area contributed by atoms with Crippen LogP contribution in [0.4, 0.5) is 0 Å². The Balaban J connectivity index is 0.000000236. The Kier molecular flexibility index (Phi) is 5.80. The fraction of sp³-hybridized carbons (Fsp3) is 1.00. The van der Waals surface area contributed by atoms with Gasteiger partial charge < -0.3 is 4.90 Å². The molecular formula is C8H19BN. The van der Waals surface area contributed by atoms with E-state index in [-0.39, 0.29) is 0 Å². The van der Waals surface area contributed by atoms with Crippen molar-refractivity contribution in [2.75, 3.05) is 13.6 Å². The molecule has 1 fully saturated rings. The molecule has 0 aromatic carbocycles. The van der Waals surface area contributed by atoms with Crippen LogP contribution in [0.15, 0.2) is 0 Å². The first kappa shape index (κ1) is 10.0. The van der Waals surface area contributed by atoms with Crippen molar-refractivity contribution in [3.63, 3.8) is 0 Å². The first-order valence-electron chi connectivity index (χ1n) is 4.16. The van der Waals surface area contributed by atoms with Crippen LogP contribution in [-0.4, -0.2) is 31.8 Å². The highest BCUT2D eigenvalue weighted by Gasteiger charge is 2.14. The highest BCUT2D eigenvalue weighted by molar-refractivity contribution is 6.31. The number of hydrogen-bond acceptors (Lipinski definition) is 1. The van der Waals surface area contributed by atoms with Gasteiger partial charge in [-0.15, -0.1) is 0 Å². The van der Waals surface area contributed by atoms with Crippen molar-refractivity contribution in [3.05, 3.63) is 0 Å². The lowest BCUT2D eigenvalue weighted by Gasteiger charge is -2.12. The zero-order chi connectivity index (χ0) is 7.98. The molecule has 1 radical (unpaired) electrons. The van der Waals surface area contributed by atoms with Crippen LogP contribution in [0.1, 0.15) is 19.8 Å². The summed E-state index contributed by atoms with van der Waals surface area (Å²) in [5.41, 5.74) is 0. The lowest BCUT2D eigenvalue weighted by molar-refractivity contribution is 0.331. The first-order chi connectivity index (χ1) is 4.72. The van der Waals surface area contributed by atoms with Crippen molar-refractivity contribution >= 4 is 7.28 Å². The first-order valence-corrected chi connectivity index (χ1v) is 4.16. The van der Waals surface area contributed by atoms with E-state index in [2.05, 4.69) is 18.9 Å². The zero-order valence-corrected chi connectivity index (χ0v) is 7.72. The Bertz CT molecular complexity index is 67.7. The number of nitrogens with zero attached hydrogens (tertiary/aromatic N) is 1. The lowest BCUT2D eigenvalue weighted by atomic mass is 9.88. The molecule has 0 N–H and O–H groups in total. The monoisotopic (exact) mass is 140 g/mol. The van der Waals surface area contributed by atoms with Crippen LogP contribution < -0.4 is 0 Å². The molecule has 0 spiro atoms. The Morgan fingerprint density at radius 2 is 1.90 bits per heavy atom. The van der Waals surface area contributed by atoms with E-state index in [9.17, 15) is 0 Å². The molecule has 0 bridgehead atoms. The van der Waals surface area contributed by atoms with E-state index in [1.165, 1.54) is 19.4 Å². The predicted octanol–water partition coefficient (Wildman–Crippen LogP) is 1.89. The van der Waals surface area contributed by atoms with E-state index in [1.54, 1.807) is 0 Å². The van der Waals surface area contributed by atoms with E-state index in [0.29, 0.717) is 0 Å². The third-order valence-corrected chi connectivity index (χ3v) is 1.89. The lowest BCUT2D eigenvalue weighted by Crippen LogP contribution is -2.20. The van der Waals surface area contributed by atoms with Crippen molar-refractivity contribution in [2.45, 2.75) is 39.5 Å². The van der Waals surface area contributed by atoms with Gasteiger partial charge in [-0.3, -0.25) is 0 Å². The van der Waals surface area contributed by atoms with Gasteiger partial charge in [-0.2, -0.15) is 0 Å². The smallest absolute Gasteiger partial charge is 0.102 e. The van der Waals surface area contributed by atoms with Crippen molar-refractivity contribution in [1.82, 2.24) is 4.90 Å². The van der Waals surface area contributed by atoms with E-state index in [1.807, 2.05) is 20.9 Å². The molecule has 0 aromatic rings. The molecule has 1 heterocycles. The Morgan fingerprint density at radius 1 is 1.40 bits per heavy atom. The molecule has 0 aromatic heterocycles. The average Bonchev–Trinajstić information content (AvgIpc) is 2.19. The minimum absolute atomic E-state index is 0.847. The third-order valence-electron chi connectivity index (χ3n) is 1.89. The minimum Gasteiger partial charge on any atom is -0.304 e. The molecule has 1 rings (SSSR count). The topological polar surface area (TPSA) is 3.24 Å². The molecular weight excluding hydrogens is 121 g/mol.